The van der Waals surface area contributed by atoms with Crippen LogP contribution in [0.3, 0.4) is 0 Å². The monoisotopic (exact) mass is 251 g/mol. The SMILES string of the molecule is C[C@H](N)c1cc(F)ccc1OCc1ccsc1. The van der Waals surface area contributed by atoms with Crippen molar-refractivity contribution in [3.05, 3.63) is 52.0 Å². The Labute approximate surface area is 104 Å². The number of hydrogen-bond acceptors (Lipinski definition) is 3. The van der Waals surface area contributed by atoms with Crippen LogP contribution in [0.25, 0.3) is 0 Å². The third-order valence-corrected chi connectivity index (χ3v) is 3.17. The van der Waals surface area contributed by atoms with Gasteiger partial charge >= 0.3 is 0 Å². The lowest BCUT2D eigenvalue weighted by Gasteiger charge is -2.13. The van der Waals surface area contributed by atoms with Gasteiger partial charge in [0.25, 0.3) is 0 Å². The van der Waals surface area contributed by atoms with Gasteiger partial charge < -0.3 is 10.5 Å². The second kappa shape index (κ2) is 5.29. The highest BCUT2D eigenvalue weighted by Crippen LogP contribution is 2.25. The molecule has 2 aromatic rings. The lowest BCUT2D eigenvalue weighted by Crippen LogP contribution is -2.08. The van der Waals surface area contributed by atoms with Crippen LogP contribution in [-0.2, 0) is 6.61 Å². The number of halogens is 1. The van der Waals surface area contributed by atoms with Crippen LogP contribution in [0.5, 0.6) is 5.75 Å². The largest absolute Gasteiger partial charge is 0.489 e. The van der Waals surface area contributed by atoms with Crippen molar-refractivity contribution in [3.63, 3.8) is 0 Å². The molecule has 0 fully saturated rings. The van der Waals surface area contributed by atoms with Crippen molar-refractivity contribution in [2.75, 3.05) is 0 Å². The fraction of sp³-hybridized carbons (Fsp3) is 0.231. The molecule has 0 amide bonds. The molecule has 0 spiro atoms. The Morgan fingerprint density at radius 1 is 1.41 bits per heavy atom. The van der Waals surface area contributed by atoms with Crippen LogP contribution in [0, 0.1) is 5.82 Å². The second-order valence-corrected chi connectivity index (χ2v) is 4.67. The van der Waals surface area contributed by atoms with Crippen LogP contribution in [0.1, 0.15) is 24.1 Å². The summed E-state index contributed by atoms with van der Waals surface area (Å²) >= 11 is 1.62. The molecule has 0 aliphatic rings. The molecule has 1 aromatic heterocycles. The summed E-state index contributed by atoms with van der Waals surface area (Å²) in [5, 5.41) is 4.02. The lowest BCUT2D eigenvalue weighted by atomic mass is 10.1. The van der Waals surface area contributed by atoms with Gasteiger partial charge in [-0.3, -0.25) is 0 Å². The molecular formula is C13H14FNOS. The minimum atomic E-state index is -0.291. The van der Waals surface area contributed by atoms with Gasteiger partial charge in [-0.1, -0.05) is 0 Å². The van der Waals surface area contributed by atoms with Gasteiger partial charge in [0.15, 0.2) is 0 Å². The standard InChI is InChI=1S/C13H14FNOS/c1-9(15)12-6-11(14)2-3-13(12)16-7-10-4-5-17-8-10/h2-6,8-9H,7,15H2,1H3/t9-/m0/s1. The molecule has 1 atom stereocenters. The van der Waals surface area contributed by atoms with Gasteiger partial charge in [0.05, 0.1) is 0 Å². The Hall–Kier alpha value is -1.39. The molecular weight excluding hydrogens is 237 g/mol. The van der Waals surface area contributed by atoms with E-state index in [9.17, 15) is 4.39 Å². The minimum Gasteiger partial charge on any atom is -0.489 e. The van der Waals surface area contributed by atoms with Crippen LogP contribution in [0.15, 0.2) is 35.0 Å². The highest BCUT2D eigenvalue weighted by Gasteiger charge is 2.09. The zero-order valence-corrected chi connectivity index (χ0v) is 10.3. The third-order valence-electron chi connectivity index (χ3n) is 2.44. The summed E-state index contributed by atoms with van der Waals surface area (Å²) in [5.74, 6) is 0.354. The molecule has 2 N–H and O–H groups in total. The first-order valence-electron chi connectivity index (χ1n) is 5.35. The van der Waals surface area contributed by atoms with E-state index in [1.165, 1.54) is 12.1 Å². The molecule has 1 aromatic carbocycles. The summed E-state index contributed by atoms with van der Waals surface area (Å²) in [6.45, 7) is 2.29. The number of ether oxygens (including phenoxy) is 1. The van der Waals surface area contributed by atoms with Gasteiger partial charge in [-0.25, -0.2) is 4.39 Å². The van der Waals surface area contributed by atoms with E-state index in [0.29, 0.717) is 17.9 Å². The molecule has 0 unspecified atom stereocenters. The van der Waals surface area contributed by atoms with Crippen LogP contribution < -0.4 is 10.5 Å². The van der Waals surface area contributed by atoms with Gasteiger partial charge in [-0.05, 0) is 47.5 Å². The molecule has 0 radical (unpaired) electrons. The Morgan fingerprint density at radius 2 is 2.24 bits per heavy atom. The normalized spacial score (nSPS) is 12.4. The predicted molar refractivity (Wildman–Crippen MR) is 67.7 cm³/mol. The number of nitrogens with two attached hydrogens (primary N) is 1. The van der Waals surface area contributed by atoms with Crippen LogP contribution in [-0.4, -0.2) is 0 Å². The average Bonchev–Trinajstić information content (AvgIpc) is 2.80. The molecule has 0 aliphatic heterocycles. The Kier molecular flexibility index (Phi) is 3.76. The molecule has 4 heteroatoms. The first kappa shape index (κ1) is 12.1. The van der Waals surface area contributed by atoms with E-state index in [2.05, 4.69) is 0 Å². The van der Waals surface area contributed by atoms with Crippen molar-refractivity contribution >= 4 is 11.3 Å². The van der Waals surface area contributed by atoms with E-state index < -0.39 is 0 Å². The van der Waals surface area contributed by atoms with Crippen LogP contribution in [0.2, 0.25) is 0 Å². The predicted octanol–water partition coefficient (Wildman–Crippen LogP) is 3.49. The fourth-order valence-electron chi connectivity index (χ4n) is 1.54. The molecule has 2 rings (SSSR count). The molecule has 0 bridgehead atoms. The van der Waals surface area contributed by atoms with Gasteiger partial charge in [-0.2, -0.15) is 11.3 Å². The van der Waals surface area contributed by atoms with Crippen molar-refractivity contribution < 1.29 is 9.13 Å². The zero-order chi connectivity index (χ0) is 12.3. The van der Waals surface area contributed by atoms with E-state index >= 15 is 0 Å². The van der Waals surface area contributed by atoms with E-state index in [1.54, 1.807) is 17.4 Å². The third kappa shape index (κ3) is 3.05. The Balaban J connectivity index is 2.14. The maximum Gasteiger partial charge on any atom is 0.124 e. The number of rotatable bonds is 4. The van der Waals surface area contributed by atoms with Crippen LogP contribution >= 0.6 is 11.3 Å². The van der Waals surface area contributed by atoms with Crippen molar-refractivity contribution in [2.45, 2.75) is 19.6 Å². The van der Waals surface area contributed by atoms with Crippen molar-refractivity contribution in [2.24, 2.45) is 5.73 Å². The highest BCUT2D eigenvalue weighted by molar-refractivity contribution is 7.07. The molecule has 0 saturated heterocycles. The molecule has 17 heavy (non-hydrogen) atoms. The summed E-state index contributed by atoms with van der Waals surface area (Å²) in [6.07, 6.45) is 0. The number of hydrogen-bond donors (Lipinski definition) is 1. The topological polar surface area (TPSA) is 35.2 Å². The van der Waals surface area contributed by atoms with Gasteiger partial charge in [-0.15, -0.1) is 0 Å². The van der Waals surface area contributed by atoms with Crippen LogP contribution in [0.4, 0.5) is 4.39 Å². The summed E-state index contributed by atoms with van der Waals surface area (Å²) in [6, 6.07) is 6.19. The highest BCUT2D eigenvalue weighted by atomic mass is 32.1. The number of benzene rings is 1. The van der Waals surface area contributed by atoms with E-state index in [-0.39, 0.29) is 11.9 Å². The molecule has 0 aliphatic carbocycles. The van der Waals surface area contributed by atoms with Gasteiger partial charge in [0.2, 0.25) is 0 Å². The molecule has 0 saturated carbocycles. The first-order chi connectivity index (χ1) is 8.16. The number of thiophene rings is 1. The van der Waals surface area contributed by atoms with E-state index in [4.69, 9.17) is 10.5 Å². The summed E-state index contributed by atoms with van der Waals surface area (Å²) in [7, 11) is 0. The van der Waals surface area contributed by atoms with Crippen molar-refractivity contribution in [1.82, 2.24) is 0 Å². The smallest absolute Gasteiger partial charge is 0.124 e. The van der Waals surface area contributed by atoms with Crippen molar-refractivity contribution in [3.8, 4) is 5.75 Å². The van der Waals surface area contributed by atoms with E-state index in [1.807, 2.05) is 23.8 Å². The first-order valence-corrected chi connectivity index (χ1v) is 6.30. The fourth-order valence-corrected chi connectivity index (χ4v) is 2.20. The lowest BCUT2D eigenvalue weighted by molar-refractivity contribution is 0.301. The summed E-state index contributed by atoms with van der Waals surface area (Å²) in [4.78, 5) is 0. The van der Waals surface area contributed by atoms with E-state index in [0.717, 1.165) is 5.56 Å². The molecule has 1 heterocycles. The maximum atomic E-state index is 13.1. The van der Waals surface area contributed by atoms with Gasteiger partial charge in [0.1, 0.15) is 18.2 Å². The average molecular weight is 251 g/mol. The molecule has 2 nitrogen and oxygen atoms in total. The summed E-state index contributed by atoms with van der Waals surface area (Å²) < 4.78 is 18.8. The minimum absolute atomic E-state index is 0.247. The zero-order valence-electron chi connectivity index (χ0n) is 9.52. The summed E-state index contributed by atoms with van der Waals surface area (Å²) in [5.41, 5.74) is 7.59. The quantitative estimate of drug-likeness (QED) is 0.902. The Morgan fingerprint density at radius 3 is 2.88 bits per heavy atom. The van der Waals surface area contributed by atoms with Crippen molar-refractivity contribution in [1.29, 1.82) is 0 Å². The second-order valence-electron chi connectivity index (χ2n) is 3.89. The Bertz CT molecular complexity index is 482. The maximum absolute atomic E-state index is 13.1. The van der Waals surface area contributed by atoms with Gasteiger partial charge in [0, 0.05) is 11.6 Å². The molecule has 90 valence electrons.